The molecular weight excluding hydrogens is 278 g/mol. The van der Waals surface area contributed by atoms with Gasteiger partial charge in [-0.05, 0) is 31.0 Å². The fourth-order valence-electron chi connectivity index (χ4n) is 3.29. The lowest BCUT2D eigenvalue weighted by molar-refractivity contribution is -0.128. The van der Waals surface area contributed by atoms with Crippen molar-refractivity contribution < 1.29 is 18.4 Å². The SMILES string of the molecule is O=C1NC(=O)C2(CCCCC2)N1Cc1cc(F)ccc1F. The van der Waals surface area contributed by atoms with Gasteiger partial charge < -0.3 is 4.90 Å². The summed E-state index contributed by atoms with van der Waals surface area (Å²) in [6, 6.07) is 2.62. The third-order valence-electron chi connectivity index (χ3n) is 4.42. The number of nitrogens with zero attached hydrogens (tertiary/aromatic N) is 1. The summed E-state index contributed by atoms with van der Waals surface area (Å²) < 4.78 is 27.1. The van der Waals surface area contributed by atoms with Crippen LogP contribution in [0.2, 0.25) is 0 Å². The van der Waals surface area contributed by atoms with Gasteiger partial charge in [0.25, 0.3) is 5.91 Å². The minimum atomic E-state index is -0.895. The van der Waals surface area contributed by atoms with Crippen molar-refractivity contribution in [2.24, 2.45) is 0 Å². The molecule has 0 radical (unpaired) electrons. The highest BCUT2D eigenvalue weighted by Gasteiger charge is 2.52. The number of nitrogens with one attached hydrogen (secondary N) is 1. The van der Waals surface area contributed by atoms with Crippen LogP contribution in [0.1, 0.15) is 37.7 Å². The largest absolute Gasteiger partial charge is 0.325 e. The van der Waals surface area contributed by atoms with Crippen LogP contribution in [0.25, 0.3) is 0 Å². The number of benzene rings is 1. The molecule has 2 fully saturated rings. The van der Waals surface area contributed by atoms with E-state index in [9.17, 15) is 18.4 Å². The maximum atomic E-state index is 13.8. The van der Waals surface area contributed by atoms with Crippen molar-refractivity contribution in [3.63, 3.8) is 0 Å². The van der Waals surface area contributed by atoms with Gasteiger partial charge in [-0.3, -0.25) is 10.1 Å². The van der Waals surface area contributed by atoms with E-state index < -0.39 is 23.2 Å². The van der Waals surface area contributed by atoms with E-state index in [0.29, 0.717) is 12.8 Å². The second kappa shape index (κ2) is 5.09. The van der Waals surface area contributed by atoms with Crippen LogP contribution in [0.5, 0.6) is 0 Å². The average Bonchev–Trinajstić information content (AvgIpc) is 2.68. The quantitative estimate of drug-likeness (QED) is 0.853. The summed E-state index contributed by atoms with van der Waals surface area (Å²) in [7, 11) is 0. The number of carbonyl (C=O) groups is 2. The van der Waals surface area contributed by atoms with Crippen LogP contribution >= 0.6 is 0 Å². The maximum Gasteiger partial charge on any atom is 0.325 e. The number of halogens is 2. The van der Waals surface area contributed by atoms with Crippen LogP contribution in [-0.2, 0) is 11.3 Å². The Hall–Kier alpha value is -1.98. The number of imide groups is 1. The first-order valence-electron chi connectivity index (χ1n) is 7.10. The van der Waals surface area contributed by atoms with Crippen molar-refractivity contribution in [1.29, 1.82) is 0 Å². The molecule has 1 spiro atoms. The summed E-state index contributed by atoms with van der Waals surface area (Å²) in [4.78, 5) is 25.6. The Kier molecular flexibility index (Phi) is 3.39. The molecule has 3 rings (SSSR count). The van der Waals surface area contributed by atoms with Gasteiger partial charge in [-0.15, -0.1) is 0 Å². The first-order valence-corrected chi connectivity index (χ1v) is 7.10. The second-order valence-electron chi connectivity index (χ2n) is 5.67. The van der Waals surface area contributed by atoms with Crippen molar-refractivity contribution in [2.45, 2.75) is 44.2 Å². The van der Waals surface area contributed by atoms with Crippen molar-refractivity contribution in [3.8, 4) is 0 Å². The topological polar surface area (TPSA) is 49.4 Å². The zero-order valence-corrected chi connectivity index (χ0v) is 11.5. The van der Waals surface area contributed by atoms with E-state index in [1.54, 1.807) is 0 Å². The predicted molar refractivity (Wildman–Crippen MR) is 71.3 cm³/mol. The fourth-order valence-corrected chi connectivity index (χ4v) is 3.29. The lowest BCUT2D eigenvalue weighted by Crippen LogP contribution is -2.50. The number of amides is 3. The molecule has 6 heteroatoms. The maximum absolute atomic E-state index is 13.8. The molecule has 1 aromatic carbocycles. The Labute approximate surface area is 121 Å². The molecule has 1 saturated carbocycles. The molecule has 1 saturated heterocycles. The van der Waals surface area contributed by atoms with Crippen LogP contribution in [0.4, 0.5) is 13.6 Å². The third kappa shape index (κ3) is 2.28. The monoisotopic (exact) mass is 294 g/mol. The van der Waals surface area contributed by atoms with Crippen LogP contribution in [0, 0.1) is 11.6 Å². The smallest absolute Gasteiger partial charge is 0.305 e. The summed E-state index contributed by atoms with van der Waals surface area (Å²) >= 11 is 0. The number of rotatable bonds is 2. The van der Waals surface area contributed by atoms with E-state index in [1.807, 2.05) is 0 Å². The highest BCUT2D eigenvalue weighted by molar-refractivity contribution is 6.07. The standard InChI is InChI=1S/C15H16F2N2O2/c16-11-4-5-12(17)10(8-11)9-19-14(21)18-13(20)15(19)6-2-1-3-7-15/h4-5,8H,1-3,6-7,9H2,(H,18,20,21). The first-order chi connectivity index (χ1) is 10.0. The van der Waals surface area contributed by atoms with Crippen molar-refractivity contribution in [3.05, 3.63) is 35.4 Å². The Bertz CT molecular complexity index is 597. The molecule has 0 aromatic heterocycles. The second-order valence-corrected chi connectivity index (χ2v) is 5.67. The molecule has 1 aliphatic heterocycles. The van der Waals surface area contributed by atoms with Gasteiger partial charge in [0.1, 0.15) is 17.2 Å². The lowest BCUT2D eigenvalue weighted by atomic mass is 9.80. The molecular formula is C15H16F2N2O2. The fraction of sp³-hybridized carbons (Fsp3) is 0.467. The number of carbonyl (C=O) groups excluding carboxylic acids is 2. The van der Waals surface area contributed by atoms with Gasteiger partial charge in [-0.1, -0.05) is 19.3 Å². The highest BCUT2D eigenvalue weighted by atomic mass is 19.1. The third-order valence-corrected chi connectivity index (χ3v) is 4.42. The van der Waals surface area contributed by atoms with Gasteiger partial charge in [-0.25, -0.2) is 13.6 Å². The van der Waals surface area contributed by atoms with Crippen LogP contribution < -0.4 is 5.32 Å². The van der Waals surface area contributed by atoms with Crippen molar-refractivity contribution in [1.82, 2.24) is 10.2 Å². The number of hydrogen-bond acceptors (Lipinski definition) is 2. The van der Waals surface area contributed by atoms with Gasteiger partial charge in [0, 0.05) is 5.56 Å². The predicted octanol–water partition coefficient (Wildman–Crippen LogP) is 2.72. The van der Waals surface area contributed by atoms with Crippen LogP contribution in [0.15, 0.2) is 18.2 Å². The summed E-state index contributed by atoms with van der Waals surface area (Å²) in [6.45, 7) is -0.0961. The molecule has 2 aliphatic rings. The van der Waals surface area contributed by atoms with Gasteiger partial charge in [-0.2, -0.15) is 0 Å². The zero-order valence-electron chi connectivity index (χ0n) is 11.5. The minimum Gasteiger partial charge on any atom is -0.305 e. The molecule has 0 atom stereocenters. The summed E-state index contributed by atoms with van der Waals surface area (Å²) in [5.74, 6) is -1.45. The van der Waals surface area contributed by atoms with Crippen molar-refractivity contribution >= 4 is 11.9 Å². The molecule has 1 aromatic rings. The molecule has 1 aliphatic carbocycles. The summed E-state index contributed by atoms with van der Waals surface area (Å²) in [5, 5.41) is 2.31. The Morgan fingerprint density at radius 1 is 1.14 bits per heavy atom. The van der Waals surface area contributed by atoms with E-state index >= 15 is 0 Å². The Balaban J connectivity index is 1.93. The molecule has 3 amide bonds. The zero-order chi connectivity index (χ0) is 15.0. The first kappa shape index (κ1) is 14.0. The molecule has 21 heavy (non-hydrogen) atoms. The molecule has 112 valence electrons. The lowest BCUT2D eigenvalue weighted by Gasteiger charge is -2.38. The van der Waals surface area contributed by atoms with E-state index in [1.165, 1.54) is 4.90 Å². The van der Waals surface area contributed by atoms with Crippen molar-refractivity contribution in [2.75, 3.05) is 0 Å². The van der Waals surface area contributed by atoms with Gasteiger partial charge in [0.2, 0.25) is 0 Å². The van der Waals surface area contributed by atoms with Gasteiger partial charge in [0.15, 0.2) is 0 Å². The summed E-state index contributed by atoms with van der Waals surface area (Å²) in [5.41, 5.74) is -0.807. The Morgan fingerprint density at radius 2 is 1.86 bits per heavy atom. The molecule has 0 bridgehead atoms. The molecule has 1 heterocycles. The van der Waals surface area contributed by atoms with E-state index in [4.69, 9.17) is 0 Å². The van der Waals surface area contributed by atoms with E-state index in [2.05, 4.69) is 5.32 Å². The van der Waals surface area contributed by atoms with Crippen LogP contribution in [0.3, 0.4) is 0 Å². The van der Waals surface area contributed by atoms with E-state index in [-0.39, 0.29) is 18.0 Å². The Morgan fingerprint density at radius 3 is 2.57 bits per heavy atom. The van der Waals surface area contributed by atoms with Gasteiger partial charge in [0.05, 0.1) is 6.54 Å². The average molecular weight is 294 g/mol. The number of hydrogen-bond donors (Lipinski definition) is 1. The van der Waals surface area contributed by atoms with E-state index in [0.717, 1.165) is 37.5 Å². The number of urea groups is 1. The summed E-state index contributed by atoms with van der Waals surface area (Å²) in [6.07, 6.45) is 3.86. The normalized spacial score (nSPS) is 21.0. The van der Waals surface area contributed by atoms with Crippen LogP contribution in [-0.4, -0.2) is 22.4 Å². The molecule has 0 unspecified atom stereocenters. The minimum absolute atomic E-state index is 0.0878. The highest BCUT2D eigenvalue weighted by Crippen LogP contribution is 2.38. The molecule has 4 nitrogen and oxygen atoms in total. The van der Waals surface area contributed by atoms with Gasteiger partial charge >= 0.3 is 6.03 Å². The molecule has 1 N–H and O–H groups in total.